The van der Waals surface area contributed by atoms with Crippen molar-refractivity contribution in [2.24, 2.45) is 0 Å². The van der Waals surface area contributed by atoms with Gasteiger partial charge >= 0.3 is 11.9 Å². The number of aliphatic hydroxyl groups is 1. The first-order chi connectivity index (χ1) is 13.8. The molecule has 0 bridgehead atoms. The summed E-state index contributed by atoms with van der Waals surface area (Å²) >= 11 is 0. The van der Waals surface area contributed by atoms with Crippen LogP contribution < -0.4 is 10.1 Å². The summed E-state index contributed by atoms with van der Waals surface area (Å²) in [5, 5.41) is 32.8. The van der Waals surface area contributed by atoms with E-state index in [0.717, 1.165) is 17.9 Å². The number of nitrogens with one attached hydrogen (secondary N) is 1. The molecule has 1 aromatic carbocycles. The fraction of sp³-hybridized carbons (Fsp3) is 0.350. The van der Waals surface area contributed by atoms with E-state index < -0.39 is 18.0 Å². The topological polar surface area (TPSA) is 134 Å². The Kier molecular flexibility index (Phi) is 10.8. The van der Waals surface area contributed by atoms with E-state index in [2.05, 4.69) is 10.4 Å². The van der Waals surface area contributed by atoms with Crippen molar-refractivity contribution in [3.8, 4) is 5.75 Å². The first-order valence-electron chi connectivity index (χ1n) is 9.00. The molecule has 0 saturated carbocycles. The Bertz CT molecular complexity index is 741. The van der Waals surface area contributed by atoms with Crippen LogP contribution in [-0.4, -0.2) is 62.3 Å². The standard InChI is InChI=1S/C16H23N3O2.C4H4O4/c1-13(2)17-10-15(20)12-21-16-6-4-14(5-7-16)11-19-9-3-8-18-19;5-3(6)1-2-4(7)8/h3-9,13,15,17,20H,10-12H2,1-2H3;1-2H,(H,5,6)(H,7,8)/b;2-1-. The first kappa shape index (κ1) is 23.9. The lowest BCUT2D eigenvalue weighted by molar-refractivity contribution is -0.134. The summed E-state index contributed by atoms with van der Waals surface area (Å²) < 4.78 is 7.45. The quantitative estimate of drug-likeness (QED) is 0.436. The maximum Gasteiger partial charge on any atom is 0.328 e. The van der Waals surface area contributed by atoms with Gasteiger partial charge in [0.25, 0.3) is 0 Å². The molecule has 1 atom stereocenters. The van der Waals surface area contributed by atoms with Crippen molar-refractivity contribution in [3.63, 3.8) is 0 Å². The molecule has 2 rings (SSSR count). The molecule has 0 amide bonds. The second kappa shape index (κ2) is 13.1. The molecule has 0 aliphatic rings. The predicted molar refractivity (Wildman–Crippen MR) is 107 cm³/mol. The molecule has 0 aliphatic carbocycles. The second-order valence-electron chi connectivity index (χ2n) is 6.39. The zero-order valence-corrected chi connectivity index (χ0v) is 16.4. The van der Waals surface area contributed by atoms with Crippen LogP contribution in [0, 0.1) is 0 Å². The minimum atomic E-state index is -1.26. The highest BCUT2D eigenvalue weighted by Crippen LogP contribution is 2.13. The lowest BCUT2D eigenvalue weighted by atomic mass is 10.2. The number of hydrogen-bond donors (Lipinski definition) is 4. The zero-order chi connectivity index (χ0) is 21.6. The van der Waals surface area contributed by atoms with E-state index in [1.165, 1.54) is 0 Å². The van der Waals surface area contributed by atoms with Gasteiger partial charge in [-0.25, -0.2) is 9.59 Å². The minimum Gasteiger partial charge on any atom is -0.491 e. The molecule has 158 valence electrons. The molecule has 0 aliphatic heterocycles. The zero-order valence-electron chi connectivity index (χ0n) is 16.4. The Morgan fingerprint density at radius 3 is 2.28 bits per heavy atom. The Balaban J connectivity index is 0.000000447. The maximum absolute atomic E-state index is 9.79. The minimum absolute atomic E-state index is 0.290. The molecule has 9 heteroatoms. The smallest absolute Gasteiger partial charge is 0.328 e. The van der Waals surface area contributed by atoms with Crippen LogP contribution in [0.15, 0.2) is 54.9 Å². The van der Waals surface area contributed by atoms with Crippen molar-refractivity contribution in [1.29, 1.82) is 0 Å². The highest BCUT2D eigenvalue weighted by atomic mass is 16.5. The monoisotopic (exact) mass is 405 g/mol. The summed E-state index contributed by atoms with van der Waals surface area (Å²) in [4.78, 5) is 19.1. The number of carboxylic acids is 2. The lowest BCUT2D eigenvalue weighted by Gasteiger charge is -2.15. The molecule has 1 heterocycles. The molecular formula is C20H27N3O6. The third-order valence-electron chi connectivity index (χ3n) is 3.40. The number of aliphatic carboxylic acids is 2. The Hall–Kier alpha value is -3.17. The Morgan fingerprint density at radius 1 is 1.17 bits per heavy atom. The van der Waals surface area contributed by atoms with Gasteiger partial charge in [0.15, 0.2) is 0 Å². The van der Waals surface area contributed by atoms with Crippen LogP contribution in [0.2, 0.25) is 0 Å². The molecule has 1 aromatic heterocycles. The van der Waals surface area contributed by atoms with Crippen molar-refractivity contribution >= 4 is 11.9 Å². The highest BCUT2D eigenvalue weighted by Gasteiger charge is 2.06. The van der Waals surface area contributed by atoms with Crippen LogP contribution in [0.1, 0.15) is 19.4 Å². The van der Waals surface area contributed by atoms with Crippen molar-refractivity contribution in [1.82, 2.24) is 15.1 Å². The van der Waals surface area contributed by atoms with Gasteiger partial charge in [0.2, 0.25) is 0 Å². The first-order valence-corrected chi connectivity index (χ1v) is 9.00. The van der Waals surface area contributed by atoms with E-state index in [4.69, 9.17) is 14.9 Å². The second-order valence-corrected chi connectivity index (χ2v) is 6.39. The van der Waals surface area contributed by atoms with Crippen molar-refractivity contribution < 1.29 is 29.6 Å². The van der Waals surface area contributed by atoms with Crippen LogP contribution in [0.5, 0.6) is 5.75 Å². The number of benzene rings is 1. The summed E-state index contributed by atoms with van der Waals surface area (Å²) in [5.74, 6) is -1.75. The fourth-order valence-corrected chi connectivity index (χ4v) is 2.04. The van der Waals surface area contributed by atoms with Gasteiger partial charge in [0.1, 0.15) is 18.5 Å². The van der Waals surface area contributed by atoms with Crippen LogP contribution in [0.25, 0.3) is 0 Å². The maximum atomic E-state index is 9.79. The summed E-state index contributed by atoms with van der Waals surface area (Å²) in [7, 11) is 0. The number of carbonyl (C=O) groups is 2. The van der Waals surface area contributed by atoms with E-state index in [-0.39, 0.29) is 6.61 Å². The van der Waals surface area contributed by atoms with Gasteiger partial charge in [-0.3, -0.25) is 4.68 Å². The summed E-state index contributed by atoms with van der Waals surface area (Å²) in [6.07, 6.45) is 4.31. The van der Waals surface area contributed by atoms with E-state index >= 15 is 0 Å². The number of rotatable bonds is 10. The van der Waals surface area contributed by atoms with Gasteiger partial charge < -0.3 is 25.4 Å². The predicted octanol–water partition coefficient (Wildman–Crippen LogP) is 1.38. The molecule has 0 spiro atoms. The van der Waals surface area contributed by atoms with Gasteiger partial charge in [-0.05, 0) is 23.8 Å². The van der Waals surface area contributed by atoms with Gasteiger partial charge in [0.05, 0.1) is 6.54 Å². The molecular weight excluding hydrogens is 378 g/mol. The van der Waals surface area contributed by atoms with Crippen LogP contribution in [0.3, 0.4) is 0 Å². The third kappa shape index (κ3) is 12.0. The van der Waals surface area contributed by atoms with Crippen molar-refractivity contribution in [2.75, 3.05) is 13.2 Å². The Labute approximate surface area is 169 Å². The summed E-state index contributed by atoms with van der Waals surface area (Å²) in [5.41, 5.74) is 1.16. The molecule has 9 nitrogen and oxygen atoms in total. The number of carboxylic acid groups (broad SMARTS) is 2. The van der Waals surface area contributed by atoms with Gasteiger partial charge in [-0.1, -0.05) is 26.0 Å². The lowest BCUT2D eigenvalue weighted by Crippen LogP contribution is -2.35. The number of nitrogens with zero attached hydrogens (tertiary/aromatic N) is 2. The van der Waals surface area contributed by atoms with E-state index in [0.29, 0.717) is 24.7 Å². The largest absolute Gasteiger partial charge is 0.491 e. The molecule has 0 saturated heterocycles. The highest BCUT2D eigenvalue weighted by molar-refractivity contribution is 5.89. The third-order valence-corrected chi connectivity index (χ3v) is 3.40. The average molecular weight is 405 g/mol. The molecule has 1 unspecified atom stereocenters. The van der Waals surface area contributed by atoms with E-state index in [1.807, 2.05) is 55.1 Å². The van der Waals surface area contributed by atoms with Gasteiger partial charge in [-0.2, -0.15) is 5.10 Å². The van der Waals surface area contributed by atoms with E-state index in [1.54, 1.807) is 6.20 Å². The van der Waals surface area contributed by atoms with Crippen molar-refractivity contribution in [2.45, 2.75) is 32.5 Å². The number of aliphatic hydroxyl groups excluding tert-OH is 1. The average Bonchev–Trinajstić information content (AvgIpc) is 3.17. The number of ether oxygens (including phenoxy) is 1. The van der Waals surface area contributed by atoms with Crippen molar-refractivity contribution in [3.05, 3.63) is 60.4 Å². The molecule has 2 aromatic rings. The summed E-state index contributed by atoms with van der Waals surface area (Å²) in [6, 6.07) is 10.1. The molecule has 29 heavy (non-hydrogen) atoms. The Morgan fingerprint density at radius 2 is 1.79 bits per heavy atom. The van der Waals surface area contributed by atoms with Gasteiger partial charge in [0, 0.05) is 37.1 Å². The molecule has 0 radical (unpaired) electrons. The van der Waals surface area contributed by atoms with Gasteiger partial charge in [-0.15, -0.1) is 0 Å². The number of hydrogen-bond acceptors (Lipinski definition) is 6. The van der Waals surface area contributed by atoms with Crippen LogP contribution >= 0.6 is 0 Å². The summed E-state index contributed by atoms with van der Waals surface area (Å²) in [6.45, 7) is 5.67. The molecule has 4 N–H and O–H groups in total. The molecule has 0 fully saturated rings. The SMILES string of the molecule is CC(C)NCC(O)COc1ccc(Cn2cccn2)cc1.O=C(O)/C=C\C(=O)O. The van der Waals surface area contributed by atoms with Crippen LogP contribution in [0.4, 0.5) is 0 Å². The fourth-order valence-electron chi connectivity index (χ4n) is 2.04. The number of aromatic nitrogens is 2. The normalized spacial score (nSPS) is 11.7. The van der Waals surface area contributed by atoms with Crippen LogP contribution in [-0.2, 0) is 16.1 Å². The van der Waals surface area contributed by atoms with E-state index in [9.17, 15) is 14.7 Å².